The van der Waals surface area contributed by atoms with Crippen LogP contribution in [0.25, 0.3) is 0 Å². The molecule has 1 unspecified atom stereocenters. The van der Waals surface area contributed by atoms with Crippen molar-refractivity contribution in [2.75, 3.05) is 6.61 Å². The largest absolute Gasteiger partial charge is 0.373 e. The van der Waals surface area contributed by atoms with Gasteiger partial charge in [0.2, 0.25) is 5.91 Å². The Morgan fingerprint density at radius 3 is 2.71 bits per heavy atom. The number of carbonyl (C=O) groups is 1. The van der Waals surface area contributed by atoms with Gasteiger partial charge in [-0.15, -0.1) is 6.58 Å². The normalized spacial score (nSPS) is 11.9. The first-order chi connectivity index (χ1) is 8.19. The average Bonchev–Trinajstić information content (AvgIpc) is 2.38. The molecule has 1 amide bonds. The molecule has 0 bridgehead atoms. The summed E-state index contributed by atoms with van der Waals surface area (Å²) in [7, 11) is 0. The molecule has 4 nitrogen and oxygen atoms in total. The lowest BCUT2D eigenvalue weighted by atomic mass is 9.99. The predicted molar refractivity (Wildman–Crippen MR) is 67.0 cm³/mol. The summed E-state index contributed by atoms with van der Waals surface area (Å²) in [5.41, 5.74) is 4.14. The van der Waals surface area contributed by atoms with Gasteiger partial charge in [0.05, 0.1) is 19.1 Å². The summed E-state index contributed by atoms with van der Waals surface area (Å²) >= 11 is 0. The minimum atomic E-state index is -0.247. The number of rotatable bonds is 6. The van der Waals surface area contributed by atoms with Gasteiger partial charge in [0.25, 0.3) is 0 Å². The van der Waals surface area contributed by atoms with Crippen molar-refractivity contribution in [1.29, 1.82) is 0 Å². The van der Waals surface area contributed by atoms with E-state index in [0.717, 1.165) is 11.1 Å². The van der Waals surface area contributed by atoms with Crippen molar-refractivity contribution in [2.45, 2.75) is 19.4 Å². The quantitative estimate of drug-likeness (QED) is 0.258. The minimum absolute atomic E-state index is 0.194. The molecule has 0 radical (unpaired) electrons. The lowest BCUT2D eigenvalue weighted by Crippen LogP contribution is -2.33. The van der Waals surface area contributed by atoms with Crippen molar-refractivity contribution in [1.82, 2.24) is 5.43 Å². The Bertz CT molecular complexity index is 374. The fraction of sp³-hybridized carbons (Fsp3) is 0.308. The van der Waals surface area contributed by atoms with Gasteiger partial charge in [0.15, 0.2) is 0 Å². The van der Waals surface area contributed by atoms with Crippen LogP contribution in [0.3, 0.4) is 0 Å². The number of nitrogens with one attached hydrogen (secondary N) is 1. The maximum absolute atomic E-state index is 11.3. The Morgan fingerprint density at radius 1 is 1.53 bits per heavy atom. The molecule has 0 aliphatic heterocycles. The van der Waals surface area contributed by atoms with Crippen LogP contribution in [0.2, 0.25) is 0 Å². The lowest BCUT2D eigenvalue weighted by Gasteiger charge is -2.10. The summed E-state index contributed by atoms with van der Waals surface area (Å²) < 4.78 is 5.32. The SMILES string of the molecule is C=CCOCc1ccc(C(C)C(=O)NN)cc1. The third-order valence-electron chi connectivity index (χ3n) is 2.52. The molecule has 0 saturated heterocycles. The molecule has 1 rings (SSSR count). The highest BCUT2D eigenvalue weighted by Gasteiger charge is 2.13. The number of carbonyl (C=O) groups excluding carboxylic acids is 1. The van der Waals surface area contributed by atoms with Gasteiger partial charge in [0, 0.05) is 0 Å². The van der Waals surface area contributed by atoms with Crippen LogP contribution in [0.15, 0.2) is 36.9 Å². The molecule has 0 aliphatic carbocycles. The zero-order chi connectivity index (χ0) is 12.7. The predicted octanol–water partition coefficient (Wildman–Crippen LogP) is 1.48. The summed E-state index contributed by atoms with van der Waals surface area (Å²) in [6.07, 6.45) is 1.71. The van der Waals surface area contributed by atoms with Crippen LogP contribution in [-0.4, -0.2) is 12.5 Å². The van der Waals surface area contributed by atoms with E-state index in [4.69, 9.17) is 10.6 Å². The molecule has 17 heavy (non-hydrogen) atoms. The van der Waals surface area contributed by atoms with Crippen LogP contribution in [0.1, 0.15) is 24.0 Å². The van der Waals surface area contributed by atoms with Crippen LogP contribution in [-0.2, 0) is 16.1 Å². The summed E-state index contributed by atoms with van der Waals surface area (Å²) in [4.78, 5) is 11.3. The Morgan fingerprint density at radius 2 is 2.18 bits per heavy atom. The van der Waals surface area contributed by atoms with Crippen molar-refractivity contribution in [3.63, 3.8) is 0 Å². The first kappa shape index (κ1) is 13.4. The molecule has 0 aliphatic rings. The van der Waals surface area contributed by atoms with Crippen molar-refractivity contribution in [3.05, 3.63) is 48.0 Å². The Kier molecular flexibility index (Phi) is 5.39. The van der Waals surface area contributed by atoms with Crippen LogP contribution in [0.5, 0.6) is 0 Å². The number of hydrazine groups is 1. The second-order valence-electron chi connectivity index (χ2n) is 3.78. The zero-order valence-corrected chi connectivity index (χ0v) is 9.98. The fourth-order valence-electron chi connectivity index (χ4n) is 1.44. The molecule has 4 heteroatoms. The first-order valence-electron chi connectivity index (χ1n) is 5.47. The minimum Gasteiger partial charge on any atom is -0.373 e. The van der Waals surface area contributed by atoms with E-state index < -0.39 is 0 Å². The van der Waals surface area contributed by atoms with E-state index >= 15 is 0 Å². The molecule has 0 aromatic heterocycles. The molecular weight excluding hydrogens is 216 g/mol. The molecule has 1 aromatic carbocycles. The third kappa shape index (κ3) is 4.01. The zero-order valence-electron chi connectivity index (χ0n) is 9.98. The molecule has 0 heterocycles. The highest BCUT2D eigenvalue weighted by atomic mass is 16.5. The number of ether oxygens (including phenoxy) is 1. The van der Waals surface area contributed by atoms with E-state index in [1.807, 2.05) is 31.2 Å². The van der Waals surface area contributed by atoms with Gasteiger partial charge in [-0.2, -0.15) is 0 Å². The van der Waals surface area contributed by atoms with Gasteiger partial charge in [0.1, 0.15) is 0 Å². The lowest BCUT2D eigenvalue weighted by molar-refractivity contribution is -0.122. The summed E-state index contributed by atoms with van der Waals surface area (Å²) in [6.45, 7) is 6.47. The van der Waals surface area contributed by atoms with Crippen molar-refractivity contribution < 1.29 is 9.53 Å². The molecule has 1 aromatic rings. The van der Waals surface area contributed by atoms with Gasteiger partial charge in [-0.3, -0.25) is 10.2 Å². The molecular formula is C13H18N2O2. The van der Waals surface area contributed by atoms with Crippen LogP contribution >= 0.6 is 0 Å². The van der Waals surface area contributed by atoms with Gasteiger partial charge in [-0.25, -0.2) is 5.84 Å². The molecule has 0 fully saturated rings. The summed E-state index contributed by atoms with van der Waals surface area (Å²) in [5.74, 6) is 4.65. The van der Waals surface area contributed by atoms with Crippen molar-refractivity contribution in [2.24, 2.45) is 5.84 Å². The second kappa shape index (κ2) is 6.83. The standard InChI is InChI=1S/C13H18N2O2/c1-3-8-17-9-11-4-6-12(7-5-11)10(2)13(16)15-14/h3-7,10H,1,8-9,14H2,2H3,(H,15,16). The molecule has 3 N–H and O–H groups in total. The highest BCUT2D eigenvalue weighted by Crippen LogP contribution is 2.16. The number of hydrogen-bond donors (Lipinski definition) is 2. The Labute approximate surface area is 101 Å². The fourth-order valence-corrected chi connectivity index (χ4v) is 1.44. The van der Waals surface area contributed by atoms with Gasteiger partial charge >= 0.3 is 0 Å². The third-order valence-corrected chi connectivity index (χ3v) is 2.52. The topological polar surface area (TPSA) is 64.3 Å². The van der Waals surface area contributed by atoms with Gasteiger partial charge in [-0.05, 0) is 18.1 Å². The second-order valence-corrected chi connectivity index (χ2v) is 3.78. The van der Waals surface area contributed by atoms with E-state index in [2.05, 4.69) is 12.0 Å². The molecule has 0 spiro atoms. The summed E-state index contributed by atoms with van der Waals surface area (Å²) in [6, 6.07) is 7.70. The van der Waals surface area contributed by atoms with Gasteiger partial charge < -0.3 is 4.74 Å². The van der Waals surface area contributed by atoms with E-state index in [1.165, 1.54) is 0 Å². The summed E-state index contributed by atoms with van der Waals surface area (Å²) in [5, 5.41) is 0. The first-order valence-corrected chi connectivity index (χ1v) is 5.47. The van der Waals surface area contributed by atoms with Crippen LogP contribution in [0, 0.1) is 0 Å². The maximum Gasteiger partial charge on any atom is 0.241 e. The monoisotopic (exact) mass is 234 g/mol. The van der Waals surface area contributed by atoms with Crippen molar-refractivity contribution >= 4 is 5.91 Å². The number of nitrogens with two attached hydrogens (primary N) is 1. The molecule has 1 atom stereocenters. The Balaban J connectivity index is 2.61. The maximum atomic E-state index is 11.3. The van der Waals surface area contributed by atoms with Gasteiger partial charge in [-0.1, -0.05) is 30.3 Å². The highest BCUT2D eigenvalue weighted by molar-refractivity contribution is 5.82. The van der Waals surface area contributed by atoms with E-state index in [0.29, 0.717) is 13.2 Å². The van der Waals surface area contributed by atoms with E-state index in [9.17, 15) is 4.79 Å². The number of benzene rings is 1. The molecule has 0 saturated carbocycles. The number of amides is 1. The van der Waals surface area contributed by atoms with Crippen molar-refractivity contribution in [3.8, 4) is 0 Å². The van der Waals surface area contributed by atoms with E-state index in [1.54, 1.807) is 6.08 Å². The number of hydrogen-bond acceptors (Lipinski definition) is 3. The van der Waals surface area contributed by atoms with Crippen LogP contribution in [0.4, 0.5) is 0 Å². The van der Waals surface area contributed by atoms with E-state index in [-0.39, 0.29) is 11.8 Å². The average molecular weight is 234 g/mol. The Hall–Kier alpha value is -1.65. The smallest absolute Gasteiger partial charge is 0.241 e. The molecule has 92 valence electrons. The van der Waals surface area contributed by atoms with Crippen LogP contribution < -0.4 is 11.3 Å².